The second kappa shape index (κ2) is 28.8. The second-order valence-corrected chi connectivity index (χ2v) is 14.6. The third-order valence-corrected chi connectivity index (χ3v) is 9.77. The predicted molar refractivity (Wildman–Crippen MR) is 207 cm³/mol. The Bertz CT molecular complexity index is 1270. The van der Waals surface area contributed by atoms with Crippen molar-refractivity contribution >= 4 is 24.2 Å². The molecule has 0 radical (unpaired) electrons. The van der Waals surface area contributed by atoms with Crippen molar-refractivity contribution < 1.29 is 81.3 Å². The van der Waals surface area contributed by atoms with E-state index in [2.05, 4.69) is 0 Å². The molecule has 1 aliphatic rings. The first-order chi connectivity index (χ1) is 27.9. The van der Waals surface area contributed by atoms with E-state index in [0.29, 0.717) is 57.8 Å². The Kier molecular flexibility index (Phi) is 24.7. The molecular weight excluding hydrogens is 748 g/mol. The van der Waals surface area contributed by atoms with E-state index in [9.17, 15) is 54.9 Å². The zero-order valence-electron chi connectivity index (χ0n) is 36.5. The first-order valence-corrected chi connectivity index (χ1v) is 20.7. The van der Waals surface area contributed by atoms with Gasteiger partial charge in [-0.3, -0.25) is 14.4 Å². The summed E-state index contributed by atoms with van der Waals surface area (Å²) in [7, 11) is 0. The van der Waals surface area contributed by atoms with Crippen molar-refractivity contribution in [2.45, 2.75) is 217 Å². The minimum Gasteiger partial charge on any atom is -0.455 e. The number of esters is 3. The van der Waals surface area contributed by atoms with Crippen LogP contribution in [0.15, 0.2) is 11.8 Å². The standard InChI is InChI=1S/C41H72O16/c1-6-11-15-19-21-27(25-42)53-40-38(56-32(47)24-18-14-9-4)37(55-31(46)23-17-13-8-3)36(29(20-10-5)54-30(45)22-16-12-7-2)57-41(40,52)39(51)35(50)34(49)33(48)28(44)26-43/h20,25,27-28,33-40,43-44,48-52H,6-19,21-24,26H2,1-5H3/t27?,28-,33-,34+,35+,36-,37-,38+,39?,40+,41?/m1/s1/i10D,25D/t10?,27?,28-,33-,34+,35+,36-,37-,38+,39?,40+,41?. The molecule has 0 amide bonds. The lowest BCUT2D eigenvalue weighted by molar-refractivity contribution is -0.391. The largest absolute Gasteiger partial charge is 0.455 e. The number of aldehydes is 1. The van der Waals surface area contributed by atoms with Gasteiger partial charge in [-0.2, -0.15) is 0 Å². The molecule has 1 aliphatic heterocycles. The lowest BCUT2D eigenvalue weighted by atomic mass is 9.84. The molecule has 1 rings (SSSR count). The van der Waals surface area contributed by atoms with Gasteiger partial charge in [0.1, 0.15) is 50.0 Å². The molecular formula is C41H72O16. The van der Waals surface area contributed by atoms with E-state index in [1.165, 1.54) is 6.92 Å². The summed E-state index contributed by atoms with van der Waals surface area (Å²) in [5.74, 6) is -6.57. The van der Waals surface area contributed by atoms with E-state index in [-0.39, 0.29) is 25.7 Å². The van der Waals surface area contributed by atoms with Crippen molar-refractivity contribution in [2.75, 3.05) is 6.61 Å². The van der Waals surface area contributed by atoms with Crippen LogP contribution in [-0.2, 0) is 42.9 Å². The molecule has 4 unspecified atom stereocenters. The number of rotatable bonds is 31. The van der Waals surface area contributed by atoms with Gasteiger partial charge in [-0.25, -0.2) is 0 Å². The van der Waals surface area contributed by atoms with Crippen molar-refractivity contribution in [3.05, 3.63) is 11.8 Å². The van der Waals surface area contributed by atoms with E-state index < -0.39 is 110 Å². The molecule has 0 aliphatic carbocycles. The van der Waals surface area contributed by atoms with E-state index >= 15 is 0 Å². The Hall–Kier alpha value is -2.54. The van der Waals surface area contributed by atoms with E-state index in [1.54, 1.807) is 0 Å². The van der Waals surface area contributed by atoms with Crippen LogP contribution < -0.4 is 0 Å². The number of unbranched alkanes of at least 4 members (excludes halogenated alkanes) is 9. The molecule has 332 valence electrons. The van der Waals surface area contributed by atoms with Crippen LogP contribution in [0, 0.1) is 0 Å². The Morgan fingerprint density at radius 1 is 0.737 bits per heavy atom. The molecule has 0 saturated carbocycles. The molecule has 0 bridgehead atoms. The Morgan fingerprint density at radius 2 is 1.25 bits per heavy atom. The van der Waals surface area contributed by atoms with Gasteiger partial charge in [-0.1, -0.05) is 98.8 Å². The fraction of sp³-hybridized carbons (Fsp3) is 0.854. The molecule has 57 heavy (non-hydrogen) atoms. The van der Waals surface area contributed by atoms with Crippen LogP contribution >= 0.6 is 0 Å². The minimum atomic E-state index is -3.45. The molecule has 7 N–H and O–H groups in total. The smallest absolute Gasteiger partial charge is 0.310 e. The lowest BCUT2D eigenvalue weighted by Gasteiger charge is -2.52. The third kappa shape index (κ3) is 17.3. The summed E-state index contributed by atoms with van der Waals surface area (Å²) in [6, 6.07) is 0. The molecule has 0 spiro atoms. The molecule has 1 heterocycles. The average molecular weight is 823 g/mol. The SMILES string of the molecule is [2H]C(=O)C(CCCCCC)O[C@H]1[C@@H](OC(=O)CCCCC)[C@H](OC(=O)CCCCC)[C@@H](C(=CC([2H])C)OC(=O)CCCCC)OC1(O)C(O)[C@@H](O)[C@@H](O)[C@H](O)[C@H](O)CO. The normalized spacial score (nSPS) is 25.5. The third-order valence-electron chi connectivity index (χ3n) is 9.77. The summed E-state index contributed by atoms with van der Waals surface area (Å²) in [6.07, 6.45) is -16.5. The number of aliphatic hydroxyl groups excluding tert-OH is 6. The number of hydrogen-bond donors (Lipinski definition) is 7. The van der Waals surface area contributed by atoms with Crippen molar-refractivity contribution in [3.63, 3.8) is 0 Å². The highest BCUT2D eigenvalue weighted by Gasteiger charge is 2.64. The Balaban J connectivity index is 4.25. The van der Waals surface area contributed by atoms with Crippen LogP contribution in [0.2, 0.25) is 0 Å². The van der Waals surface area contributed by atoms with Gasteiger partial charge >= 0.3 is 17.9 Å². The molecule has 0 aromatic carbocycles. The molecule has 0 aromatic rings. The first-order valence-electron chi connectivity index (χ1n) is 21.8. The zero-order chi connectivity index (χ0) is 44.7. The van der Waals surface area contributed by atoms with Crippen molar-refractivity contribution in [3.8, 4) is 0 Å². The molecule has 16 nitrogen and oxygen atoms in total. The molecule has 0 aromatic heterocycles. The molecule has 12 atom stereocenters. The molecule has 16 heteroatoms. The van der Waals surface area contributed by atoms with E-state index in [1.807, 2.05) is 27.7 Å². The monoisotopic (exact) mass is 822 g/mol. The maximum absolute atomic E-state index is 13.6. The number of carbonyl (C=O) groups excluding carboxylic acids is 4. The topological polar surface area (TPSA) is 256 Å². The summed E-state index contributed by atoms with van der Waals surface area (Å²) in [5.41, 5.74) is 0. The van der Waals surface area contributed by atoms with Gasteiger partial charge in [0.05, 0.1) is 6.61 Å². The van der Waals surface area contributed by atoms with Crippen LogP contribution in [0.3, 0.4) is 0 Å². The number of carbonyl (C=O) groups is 4. The fourth-order valence-corrected chi connectivity index (χ4v) is 6.38. The highest BCUT2D eigenvalue weighted by molar-refractivity contribution is 5.72. The summed E-state index contributed by atoms with van der Waals surface area (Å²) < 4.78 is 46.1. The van der Waals surface area contributed by atoms with Gasteiger partial charge in [-0.05, 0) is 38.2 Å². The van der Waals surface area contributed by atoms with Gasteiger partial charge in [0.15, 0.2) is 24.4 Å². The van der Waals surface area contributed by atoms with Gasteiger partial charge in [0.2, 0.25) is 5.79 Å². The van der Waals surface area contributed by atoms with Crippen LogP contribution in [0.4, 0.5) is 0 Å². The van der Waals surface area contributed by atoms with Crippen molar-refractivity contribution in [1.82, 2.24) is 0 Å². The van der Waals surface area contributed by atoms with Crippen molar-refractivity contribution in [2.24, 2.45) is 0 Å². The fourth-order valence-electron chi connectivity index (χ4n) is 6.38. The summed E-state index contributed by atoms with van der Waals surface area (Å²) in [5, 5.41) is 76.5. The molecule has 1 fully saturated rings. The Labute approximate surface area is 340 Å². The Morgan fingerprint density at radius 3 is 1.74 bits per heavy atom. The van der Waals surface area contributed by atoms with Gasteiger partial charge < -0.3 is 64.2 Å². The summed E-state index contributed by atoms with van der Waals surface area (Å²) in [6.45, 7) is 7.97. The van der Waals surface area contributed by atoms with Gasteiger partial charge in [0, 0.05) is 20.6 Å². The van der Waals surface area contributed by atoms with Crippen molar-refractivity contribution in [1.29, 1.82) is 0 Å². The van der Waals surface area contributed by atoms with Gasteiger partial charge in [-0.15, -0.1) is 0 Å². The number of aliphatic hydroxyl groups is 7. The van der Waals surface area contributed by atoms with Crippen LogP contribution in [0.5, 0.6) is 0 Å². The summed E-state index contributed by atoms with van der Waals surface area (Å²) >= 11 is 0. The van der Waals surface area contributed by atoms with Crippen LogP contribution in [0.1, 0.15) is 153 Å². The van der Waals surface area contributed by atoms with Gasteiger partial charge in [0.25, 0.3) is 0 Å². The number of ether oxygens (including phenoxy) is 5. The number of hydrogen-bond acceptors (Lipinski definition) is 16. The summed E-state index contributed by atoms with van der Waals surface area (Å²) in [4.78, 5) is 53.3. The van der Waals surface area contributed by atoms with Crippen LogP contribution in [0.25, 0.3) is 0 Å². The lowest BCUT2D eigenvalue weighted by Crippen LogP contribution is -2.74. The van der Waals surface area contributed by atoms with E-state index in [0.717, 1.165) is 31.8 Å². The first kappa shape index (κ1) is 48.8. The number of allylic oxidation sites excluding steroid dienone is 1. The minimum absolute atomic E-state index is 0.110. The maximum Gasteiger partial charge on any atom is 0.310 e. The predicted octanol–water partition coefficient (Wildman–Crippen LogP) is 3.20. The average Bonchev–Trinajstić information content (AvgIpc) is 3.19. The molecule has 1 saturated heterocycles. The van der Waals surface area contributed by atoms with E-state index in [4.69, 9.17) is 26.4 Å². The highest BCUT2D eigenvalue weighted by atomic mass is 16.7. The highest BCUT2D eigenvalue weighted by Crippen LogP contribution is 2.41. The maximum atomic E-state index is 13.6. The quantitative estimate of drug-likeness (QED) is 0.0174. The van der Waals surface area contributed by atoms with Crippen LogP contribution in [-0.4, -0.2) is 133 Å². The zero-order valence-corrected chi connectivity index (χ0v) is 34.5. The second-order valence-electron chi connectivity index (χ2n) is 14.6.